The molecule has 0 aliphatic heterocycles. The Kier molecular flexibility index (Phi) is 4.86. The number of nitrogens with one attached hydrogen (secondary N) is 1. The molecule has 0 bridgehead atoms. The molecule has 2 atom stereocenters. The normalized spacial score (nSPS) is 18.4. The summed E-state index contributed by atoms with van der Waals surface area (Å²) >= 11 is 0. The van der Waals surface area contributed by atoms with E-state index in [0.29, 0.717) is 12.8 Å². The zero-order chi connectivity index (χ0) is 16.3. The van der Waals surface area contributed by atoms with Crippen LogP contribution in [0.5, 0.6) is 0 Å². The number of carbonyl (C=O) groups excluding carboxylic acids is 2. The predicted molar refractivity (Wildman–Crippen MR) is 84.2 cm³/mol. The van der Waals surface area contributed by atoms with Gasteiger partial charge in [-0.05, 0) is 39.4 Å². The van der Waals surface area contributed by atoms with Gasteiger partial charge in [-0.2, -0.15) is 0 Å². The Morgan fingerprint density at radius 2 is 1.82 bits per heavy atom. The number of ether oxygens (including phenoxy) is 1. The Morgan fingerprint density at radius 1 is 1.23 bits per heavy atom. The van der Waals surface area contributed by atoms with Crippen molar-refractivity contribution in [3.8, 4) is 0 Å². The Hall–Kier alpha value is -1.88. The van der Waals surface area contributed by atoms with Gasteiger partial charge in [0.25, 0.3) is 0 Å². The maximum absolute atomic E-state index is 12.5. The Bertz CT molecular complexity index is 538. The molecular formula is C17H24N2O3. The van der Waals surface area contributed by atoms with Gasteiger partial charge in [0, 0.05) is 6.04 Å². The topological polar surface area (TPSA) is 58.6 Å². The standard InChI is InChI=1S/C17H24N2O3/c1-12(14(19(2)3)13-8-6-5-7-9-13)18-15(20)17(10-11-17)16(21)22-4/h5-9,12,14H,10-11H2,1-4H3,(H,18,20)/t12-,14-/m1/s1. The van der Waals surface area contributed by atoms with E-state index in [9.17, 15) is 9.59 Å². The fourth-order valence-corrected chi connectivity index (χ4v) is 2.95. The zero-order valence-corrected chi connectivity index (χ0v) is 13.6. The summed E-state index contributed by atoms with van der Waals surface area (Å²) in [6.45, 7) is 1.96. The molecule has 120 valence electrons. The molecule has 0 saturated heterocycles. The smallest absolute Gasteiger partial charge is 0.321 e. The summed E-state index contributed by atoms with van der Waals surface area (Å²) < 4.78 is 4.76. The van der Waals surface area contributed by atoms with Crippen LogP contribution in [-0.4, -0.2) is 44.0 Å². The lowest BCUT2D eigenvalue weighted by atomic mass is 9.98. The SMILES string of the molecule is COC(=O)C1(C(=O)N[C@H](C)[C@H](c2ccccc2)N(C)C)CC1. The number of amides is 1. The number of nitrogens with zero attached hydrogens (tertiary/aromatic N) is 1. The Balaban J connectivity index is 2.11. The molecule has 1 N–H and O–H groups in total. The van der Waals surface area contributed by atoms with E-state index in [2.05, 4.69) is 10.2 Å². The second-order valence-electron chi connectivity index (χ2n) is 6.15. The van der Waals surface area contributed by atoms with Crippen molar-refractivity contribution < 1.29 is 14.3 Å². The molecule has 5 heteroatoms. The predicted octanol–water partition coefficient (Wildman–Crippen LogP) is 1.75. The van der Waals surface area contributed by atoms with Crippen molar-refractivity contribution in [2.45, 2.75) is 31.8 Å². The summed E-state index contributed by atoms with van der Waals surface area (Å²) in [7, 11) is 5.28. The van der Waals surface area contributed by atoms with E-state index in [1.807, 2.05) is 51.4 Å². The van der Waals surface area contributed by atoms with E-state index >= 15 is 0 Å². The van der Waals surface area contributed by atoms with Crippen LogP contribution in [0.2, 0.25) is 0 Å². The van der Waals surface area contributed by atoms with Gasteiger partial charge in [0.2, 0.25) is 5.91 Å². The first kappa shape index (κ1) is 16.5. The van der Waals surface area contributed by atoms with Crippen LogP contribution in [0.3, 0.4) is 0 Å². The van der Waals surface area contributed by atoms with Crippen LogP contribution in [0.1, 0.15) is 31.4 Å². The number of rotatable bonds is 6. The van der Waals surface area contributed by atoms with Gasteiger partial charge >= 0.3 is 5.97 Å². The highest BCUT2D eigenvalue weighted by Gasteiger charge is 2.58. The molecule has 0 spiro atoms. The van der Waals surface area contributed by atoms with Crippen molar-refractivity contribution in [3.63, 3.8) is 0 Å². The number of methoxy groups -OCH3 is 1. The van der Waals surface area contributed by atoms with Gasteiger partial charge in [-0.3, -0.25) is 9.59 Å². The highest BCUT2D eigenvalue weighted by Crippen LogP contribution is 2.47. The number of esters is 1. The minimum atomic E-state index is -0.962. The summed E-state index contributed by atoms with van der Waals surface area (Å²) in [5, 5.41) is 3.00. The fraction of sp³-hybridized carbons (Fsp3) is 0.529. The molecule has 0 heterocycles. The molecule has 5 nitrogen and oxygen atoms in total. The van der Waals surface area contributed by atoms with Gasteiger partial charge in [0.1, 0.15) is 5.41 Å². The Morgan fingerprint density at radius 3 is 2.27 bits per heavy atom. The van der Waals surface area contributed by atoms with Crippen LogP contribution in [0, 0.1) is 5.41 Å². The van der Waals surface area contributed by atoms with E-state index in [4.69, 9.17) is 4.74 Å². The molecule has 0 unspecified atom stereocenters. The van der Waals surface area contributed by atoms with Gasteiger partial charge in [-0.25, -0.2) is 0 Å². The molecule has 1 aliphatic rings. The highest BCUT2D eigenvalue weighted by molar-refractivity contribution is 6.05. The zero-order valence-electron chi connectivity index (χ0n) is 13.6. The molecule has 1 amide bonds. The lowest BCUT2D eigenvalue weighted by Crippen LogP contribution is -2.47. The lowest BCUT2D eigenvalue weighted by molar-refractivity contribution is -0.152. The Labute approximate surface area is 131 Å². The van der Waals surface area contributed by atoms with Crippen LogP contribution in [0.4, 0.5) is 0 Å². The van der Waals surface area contributed by atoms with Crippen LogP contribution < -0.4 is 5.32 Å². The van der Waals surface area contributed by atoms with E-state index in [-0.39, 0.29) is 18.0 Å². The van der Waals surface area contributed by atoms with Crippen LogP contribution in [0.15, 0.2) is 30.3 Å². The van der Waals surface area contributed by atoms with Crippen molar-refractivity contribution in [2.75, 3.05) is 21.2 Å². The number of hydrogen-bond acceptors (Lipinski definition) is 4. The molecule has 1 saturated carbocycles. The van der Waals surface area contributed by atoms with E-state index in [1.54, 1.807) is 0 Å². The number of hydrogen-bond donors (Lipinski definition) is 1. The molecule has 1 aromatic rings. The van der Waals surface area contributed by atoms with Crippen molar-refractivity contribution in [1.29, 1.82) is 0 Å². The molecule has 1 fully saturated rings. The fourth-order valence-electron chi connectivity index (χ4n) is 2.95. The maximum Gasteiger partial charge on any atom is 0.321 e. The van der Waals surface area contributed by atoms with Gasteiger partial charge in [0.05, 0.1) is 13.2 Å². The van der Waals surface area contributed by atoms with Crippen LogP contribution in [0.25, 0.3) is 0 Å². The van der Waals surface area contributed by atoms with E-state index in [0.717, 1.165) is 5.56 Å². The number of benzene rings is 1. The van der Waals surface area contributed by atoms with Crippen molar-refractivity contribution in [2.24, 2.45) is 5.41 Å². The molecule has 22 heavy (non-hydrogen) atoms. The molecular weight excluding hydrogens is 280 g/mol. The lowest BCUT2D eigenvalue weighted by Gasteiger charge is -2.32. The van der Waals surface area contributed by atoms with Crippen LogP contribution >= 0.6 is 0 Å². The van der Waals surface area contributed by atoms with Crippen molar-refractivity contribution in [1.82, 2.24) is 10.2 Å². The van der Waals surface area contributed by atoms with Crippen molar-refractivity contribution >= 4 is 11.9 Å². The summed E-state index contributed by atoms with van der Waals surface area (Å²) in [6.07, 6.45) is 1.13. The van der Waals surface area contributed by atoms with E-state index in [1.165, 1.54) is 7.11 Å². The molecule has 1 aromatic carbocycles. The van der Waals surface area contributed by atoms with Gasteiger partial charge < -0.3 is 15.0 Å². The largest absolute Gasteiger partial charge is 0.468 e. The average molecular weight is 304 g/mol. The maximum atomic E-state index is 12.5. The quantitative estimate of drug-likeness (QED) is 0.642. The third-order valence-electron chi connectivity index (χ3n) is 4.29. The van der Waals surface area contributed by atoms with Gasteiger partial charge in [-0.1, -0.05) is 30.3 Å². The second-order valence-corrected chi connectivity index (χ2v) is 6.15. The van der Waals surface area contributed by atoms with Gasteiger partial charge in [0.15, 0.2) is 0 Å². The molecule has 1 aliphatic carbocycles. The summed E-state index contributed by atoms with van der Waals surface area (Å²) in [5.41, 5.74) is 0.166. The first-order chi connectivity index (χ1) is 10.4. The molecule has 2 rings (SSSR count). The third kappa shape index (κ3) is 3.14. The minimum absolute atomic E-state index is 0.0404. The van der Waals surface area contributed by atoms with Crippen molar-refractivity contribution in [3.05, 3.63) is 35.9 Å². The number of carbonyl (C=O) groups is 2. The highest BCUT2D eigenvalue weighted by atomic mass is 16.5. The van der Waals surface area contributed by atoms with E-state index < -0.39 is 11.4 Å². The summed E-state index contributed by atoms with van der Waals surface area (Å²) in [6, 6.07) is 9.94. The summed E-state index contributed by atoms with van der Waals surface area (Å²) in [5.74, 6) is -0.659. The van der Waals surface area contributed by atoms with Crippen LogP contribution in [-0.2, 0) is 14.3 Å². The molecule has 0 aromatic heterocycles. The monoisotopic (exact) mass is 304 g/mol. The minimum Gasteiger partial charge on any atom is -0.468 e. The second kappa shape index (κ2) is 6.48. The number of likely N-dealkylation sites (N-methyl/N-ethyl adjacent to an activating group) is 1. The summed E-state index contributed by atoms with van der Waals surface area (Å²) in [4.78, 5) is 26.3. The first-order valence-electron chi connectivity index (χ1n) is 7.53. The first-order valence-corrected chi connectivity index (χ1v) is 7.53. The molecule has 0 radical (unpaired) electrons. The third-order valence-corrected chi connectivity index (χ3v) is 4.29. The van der Waals surface area contributed by atoms with Gasteiger partial charge in [-0.15, -0.1) is 0 Å². The average Bonchev–Trinajstić information content (AvgIpc) is 3.29.